The molecule has 0 aliphatic carbocycles. The Bertz CT molecular complexity index is 761. The van der Waals surface area contributed by atoms with Gasteiger partial charge in [0.05, 0.1) is 5.69 Å². The first-order valence-electron chi connectivity index (χ1n) is 8.57. The van der Waals surface area contributed by atoms with Crippen molar-refractivity contribution in [3.63, 3.8) is 0 Å². The van der Waals surface area contributed by atoms with E-state index in [0.29, 0.717) is 5.69 Å². The summed E-state index contributed by atoms with van der Waals surface area (Å²) >= 11 is 0. The third-order valence-corrected chi connectivity index (χ3v) is 4.38. The molecule has 0 bridgehead atoms. The second-order valence-corrected chi connectivity index (χ2v) is 6.94. The first kappa shape index (κ1) is 17.5. The first-order valence-corrected chi connectivity index (χ1v) is 8.57. The molecule has 2 aromatic rings. The second kappa shape index (κ2) is 7.68. The highest BCUT2D eigenvalue weighted by atomic mass is 16.5. The molecule has 0 saturated carbocycles. The number of pyridine rings is 1. The maximum absolute atomic E-state index is 9.06. The van der Waals surface area contributed by atoms with Crippen LogP contribution in [0.1, 0.15) is 23.4 Å². The largest absolute Gasteiger partial charge is 0.489 e. The van der Waals surface area contributed by atoms with Gasteiger partial charge in [0.15, 0.2) is 0 Å². The van der Waals surface area contributed by atoms with Crippen LogP contribution in [0.15, 0.2) is 30.6 Å². The molecule has 1 atom stereocenters. The molecule has 132 valence electrons. The third kappa shape index (κ3) is 4.59. The van der Waals surface area contributed by atoms with Gasteiger partial charge in [-0.25, -0.2) is 0 Å². The van der Waals surface area contributed by atoms with Crippen LogP contribution in [-0.2, 0) is 20.1 Å². The molecular formula is C19H25N5O. The molecule has 1 aliphatic heterocycles. The Kier molecular flexibility index (Phi) is 5.37. The molecule has 0 radical (unpaired) electrons. The maximum Gasteiger partial charge on any atom is 0.123 e. The number of ether oxygens (including phenoxy) is 1. The summed E-state index contributed by atoms with van der Waals surface area (Å²) in [4.78, 5) is 8.86. The number of nitrogens with zero attached hydrogens (tertiary/aromatic N) is 5. The van der Waals surface area contributed by atoms with Gasteiger partial charge in [-0.2, -0.15) is 5.26 Å². The smallest absolute Gasteiger partial charge is 0.123 e. The quantitative estimate of drug-likeness (QED) is 0.806. The molecule has 6 heteroatoms. The summed E-state index contributed by atoms with van der Waals surface area (Å²) < 4.78 is 8.04. The topological polar surface area (TPSA) is 57.3 Å². The predicted octanol–water partition coefficient (Wildman–Crippen LogP) is 2.01. The molecule has 1 fully saturated rings. The van der Waals surface area contributed by atoms with Crippen LogP contribution in [0.3, 0.4) is 0 Å². The third-order valence-electron chi connectivity index (χ3n) is 4.38. The fourth-order valence-corrected chi connectivity index (χ4v) is 3.26. The molecule has 25 heavy (non-hydrogen) atoms. The van der Waals surface area contributed by atoms with Crippen molar-refractivity contribution in [2.24, 2.45) is 7.05 Å². The summed E-state index contributed by atoms with van der Waals surface area (Å²) in [5.74, 6) is 0.894. The molecule has 3 rings (SSSR count). The molecule has 1 unspecified atom stereocenters. The van der Waals surface area contributed by atoms with Gasteiger partial charge in [0, 0.05) is 51.7 Å². The number of hydrogen-bond acceptors (Lipinski definition) is 5. The Morgan fingerprint density at radius 3 is 2.96 bits per heavy atom. The van der Waals surface area contributed by atoms with E-state index in [4.69, 9.17) is 10.00 Å². The van der Waals surface area contributed by atoms with Gasteiger partial charge in [-0.3, -0.25) is 9.88 Å². The zero-order valence-corrected chi connectivity index (χ0v) is 15.1. The van der Waals surface area contributed by atoms with Crippen LogP contribution in [0.25, 0.3) is 0 Å². The van der Waals surface area contributed by atoms with Gasteiger partial charge in [-0.1, -0.05) is 0 Å². The summed E-state index contributed by atoms with van der Waals surface area (Å²) in [6.07, 6.45) is 5.06. The number of aromatic nitrogens is 2. The van der Waals surface area contributed by atoms with Crippen molar-refractivity contribution in [1.29, 1.82) is 5.26 Å². The molecule has 0 N–H and O–H groups in total. The molecule has 3 heterocycles. The average Bonchev–Trinajstić information content (AvgIpc) is 3.13. The van der Waals surface area contributed by atoms with E-state index in [-0.39, 0.29) is 6.10 Å². The lowest BCUT2D eigenvalue weighted by atomic mass is 10.3. The van der Waals surface area contributed by atoms with E-state index in [2.05, 4.69) is 20.9 Å². The molecule has 1 saturated heterocycles. The molecule has 6 nitrogen and oxygen atoms in total. The highest BCUT2D eigenvalue weighted by Crippen LogP contribution is 2.21. The molecular weight excluding hydrogens is 314 g/mol. The Hall–Kier alpha value is -2.36. The molecule has 0 amide bonds. The van der Waals surface area contributed by atoms with Gasteiger partial charge < -0.3 is 14.2 Å². The van der Waals surface area contributed by atoms with Crippen molar-refractivity contribution >= 4 is 0 Å². The Balaban J connectivity index is 1.55. The lowest BCUT2D eigenvalue weighted by Crippen LogP contribution is -2.24. The van der Waals surface area contributed by atoms with Crippen molar-refractivity contribution in [2.45, 2.75) is 25.6 Å². The second-order valence-electron chi connectivity index (χ2n) is 6.94. The summed E-state index contributed by atoms with van der Waals surface area (Å²) in [6.45, 7) is 3.58. The van der Waals surface area contributed by atoms with Crippen molar-refractivity contribution in [1.82, 2.24) is 19.4 Å². The molecule has 1 aliphatic rings. The van der Waals surface area contributed by atoms with E-state index in [1.165, 1.54) is 5.56 Å². The van der Waals surface area contributed by atoms with Gasteiger partial charge in [-0.05, 0) is 38.2 Å². The zero-order valence-electron chi connectivity index (χ0n) is 15.1. The van der Waals surface area contributed by atoms with E-state index >= 15 is 0 Å². The molecule has 2 aromatic heterocycles. The van der Waals surface area contributed by atoms with Crippen LogP contribution < -0.4 is 4.74 Å². The van der Waals surface area contributed by atoms with Crippen LogP contribution in [0.4, 0.5) is 0 Å². The fourth-order valence-electron chi connectivity index (χ4n) is 3.26. The lowest BCUT2D eigenvalue weighted by molar-refractivity contribution is 0.198. The number of aryl methyl sites for hydroxylation is 1. The van der Waals surface area contributed by atoms with Gasteiger partial charge in [0.2, 0.25) is 0 Å². The van der Waals surface area contributed by atoms with Crippen LogP contribution in [0, 0.1) is 11.3 Å². The Morgan fingerprint density at radius 2 is 2.24 bits per heavy atom. The van der Waals surface area contributed by atoms with E-state index in [9.17, 15) is 0 Å². The highest BCUT2D eigenvalue weighted by Gasteiger charge is 2.24. The normalized spacial score (nSPS) is 17.8. The number of nitriles is 1. The zero-order chi connectivity index (χ0) is 17.8. The SMILES string of the molecule is CN(C)Cc1cc(OC2CCN(Cc3cc(C#N)n(C)c3)C2)ccn1. The number of likely N-dealkylation sites (tertiary alicyclic amines) is 1. The van der Waals surface area contributed by atoms with Gasteiger partial charge in [-0.15, -0.1) is 0 Å². The van der Waals surface area contributed by atoms with E-state index in [1.807, 2.05) is 56.3 Å². The minimum Gasteiger partial charge on any atom is -0.489 e. The van der Waals surface area contributed by atoms with Crippen molar-refractivity contribution in [3.05, 3.63) is 47.5 Å². The minimum absolute atomic E-state index is 0.203. The first-order chi connectivity index (χ1) is 12.0. The molecule has 0 aromatic carbocycles. The van der Waals surface area contributed by atoms with Crippen LogP contribution in [0.2, 0.25) is 0 Å². The standard InChI is InChI=1S/C19H25N5O/c1-22(2)13-16-9-18(4-6-21-16)25-19-5-7-24(14-19)12-15-8-17(10-20)23(3)11-15/h4,6,8-9,11,19H,5,7,12-14H2,1-3H3. The highest BCUT2D eigenvalue weighted by molar-refractivity contribution is 5.28. The van der Waals surface area contributed by atoms with Crippen LogP contribution in [-0.4, -0.2) is 52.6 Å². The van der Waals surface area contributed by atoms with Crippen LogP contribution in [0.5, 0.6) is 5.75 Å². The van der Waals surface area contributed by atoms with Crippen molar-refractivity contribution < 1.29 is 4.74 Å². The maximum atomic E-state index is 9.06. The van der Waals surface area contributed by atoms with E-state index < -0.39 is 0 Å². The summed E-state index contributed by atoms with van der Waals surface area (Å²) in [7, 11) is 5.98. The van der Waals surface area contributed by atoms with Crippen molar-refractivity contribution in [3.8, 4) is 11.8 Å². The van der Waals surface area contributed by atoms with E-state index in [0.717, 1.165) is 44.0 Å². The fraction of sp³-hybridized carbons (Fsp3) is 0.474. The summed E-state index contributed by atoms with van der Waals surface area (Å²) in [5, 5.41) is 9.06. The number of rotatable bonds is 6. The van der Waals surface area contributed by atoms with E-state index in [1.54, 1.807) is 0 Å². The van der Waals surface area contributed by atoms with Crippen molar-refractivity contribution in [2.75, 3.05) is 27.2 Å². The molecule has 0 spiro atoms. The van der Waals surface area contributed by atoms with Crippen LogP contribution >= 0.6 is 0 Å². The van der Waals surface area contributed by atoms with Gasteiger partial charge in [0.25, 0.3) is 0 Å². The average molecular weight is 339 g/mol. The number of hydrogen-bond donors (Lipinski definition) is 0. The van der Waals surface area contributed by atoms with Gasteiger partial charge >= 0.3 is 0 Å². The lowest BCUT2D eigenvalue weighted by Gasteiger charge is -2.17. The Morgan fingerprint density at radius 1 is 1.40 bits per heavy atom. The predicted molar refractivity (Wildman–Crippen MR) is 96.1 cm³/mol. The monoisotopic (exact) mass is 339 g/mol. The Labute approximate surface area is 149 Å². The minimum atomic E-state index is 0.203. The summed E-state index contributed by atoms with van der Waals surface area (Å²) in [5.41, 5.74) is 2.90. The van der Waals surface area contributed by atoms with Gasteiger partial charge in [0.1, 0.15) is 23.6 Å². The summed E-state index contributed by atoms with van der Waals surface area (Å²) in [6, 6.07) is 8.13.